The SMILES string of the molecule is Cc1sccc1C(N)C1CCCCC1. The van der Waals surface area contributed by atoms with Crippen LogP contribution in [0.1, 0.15) is 48.6 Å². The minimum Gasteiger partial charge on any atom is -0.324 e. The van der Waals surface area contributed by atoms with E-state index < -0.39 is 0 Å². The molecule has 78 valence electrons. The Bertz CT molecular complexity index is 286. The molecule has 0 aliphatic heterocycles. The lowest BCUT2D eigenvalue weighted by atomic mass is 9.82. The first kappa shape index (κ1) is 10.2. The Kier molecular flexibility index (Phi) is 3.24. The van der Waals surface area contributed by atoms with Crippen LogP contribution < -0.4 is 5.73 Å². The minimum atomic E-state index is 0.293. The van der Waals surface area contributed by atoms with Crippen molar-refractivity contribution in [2.45, 2.75) is 45.1 Å². The van der Waals surface area contributed by atoms with E-state index in [2.05, 4.69) is 18.4 Å². The van der Waals surface area contributed by atoms with Gasteiger partial charge in [0, 0.05) is 10.9 Å². The van der Waals surface area contributed by atoms with Gasteiger partial charge in [0.1, 0.15) is 0 Å². The molecule has 1 fully saturated rings. The van der Waals surface area contributed by atoms with Gasteiger partial charge in [-0.3, -0.25) is 0 Å². The van der Waals surface area contributed by atoms with Crippen molar-refractivity contribution in [2.24, 2.45) is 11.7 Å². The molecule has 0 radical (unpaired) electrons. The van der Waals surface area contributed by atoms with Crippen molar-refractivity contribution in [3.63, 3.8) is 0 Å². The summed E-state index contributed by atoms with van der Waals surface area (Å²) in [6, 6.07) is 2.50. The third-order valence-electron chi connectivity index (χ3n) is 3.42. The van der Waals surface area contributed by atoms with Crippen LogP contribution in [0.2, 0.25) is 0 Å². The van der Waals surface area contributed by atoms with Gasteiger partial charge >= 0.3 is 0 Å². The van der Waals surface area contributed by atoms with Crippen LogP contribution in [0, 0.1) is 12.8 Å². The third kappa shape index (κ3) is 2.01. The second-order valence-corrected chi connectivity index (χ2v) is 5.48. The number of nitrogens with two attached hydrogens (primary N) is 1. The monoisotopic (exact) mass is 209 g/mol. The highest BCUT2D eigenvalue weighted by atomic mass is 32.1. The van der Waals surface area contributed by atoms with Crippen molar-refractivity contribution >= 4 is 11.3 Å². The van der Waals surface area contributed by atoms with E-state index in [1.807, 2.05) is 11.3 Å². The third-order valence-corrected chi connectivity index (χ3v) is 4.28. The molecule has 2 rings (SSSR count). The van der Waals surface area contributed by atoms with Crippen molar-refractivity contribution in [2.75, 3.05) is 0 Å². The molecule has 1 nitrogen and oxygen atoms in total. The first-order chi connectivity index (χ1) is 6.79. The van der Waals surface area contributed by atoms with E-state index in [9.17, 15) is 0 Å². The highest BCUT2D eigenvalue weighted by Gasteiger charge is 2.23. The second-order valence-electron chi connectivity index (χ2n) is 4.36. The number of rotatable bonds is 2. The zero-order valence-electron chi connectivity index (χ0n) is 8.83. The normalized spacial score (nSPS) is 21.0. The molecule has 0 bridgehead atoms. The smallest absolute Gasteiger partial charge is 0.0334 e. The molecule has 2 N–H and O–H groups in total. The predicted octanol–water partition coefficient (Wildman–Crippen LogP) is 3.64. The van der Waals surface area contributed by atoms with Crippen LogP contribution in [0.5, 0.6) is 0 Å². The summed E-state index contributed by atoms with van der Waals surface area (Å²) in [5.41, 5.74) is 7.71. The summed E-state index contributed by atoms with van der Waals surface area (Å²) < 4.78 is 0. The molecule has 1 saturated carbocycles. The standard InChI is InChI=1S/C12H19NS/c1-9-11(7-8-14-9)12(13)10-5-3-2-4-6-10/h7-8,10,12H,2-6,13H2,1H3. The van der Waals surface area contributed by atoms with Crippen LogP contribution in [0.3, 0.4) is 0 Å². The topological polar surface area (TPSA) is 26.0 Å². The van der Waals surface area contributed by atoms with Gasteiger partial charge in [-0.2, -0.15) is 0 Å². The Morgan fingerprint density at radius 2 is 2.07 bits per heavy atom. The van der Waals surface area contributed by atoms with E-state index in [-0.39, 0.29) is 0 Å². The molecule has 2 heteroatoms. The number of thiophene rings is 1. The Balaban J connectivity index is 2.07. The van der Waals surface area contributed by atoms with Crippen LogP contribution in [0.15, 0.2) is 11.4 Å². The summed E-state index contributed by atoms with van der Waals surface area (Å²) in [7, 11) is 0. The molecule has 1 heterocycles. The Morgan fingerprint density at radius 3 is 2.64 bits per heavy atom. The summed E-state index contributed by atoms with van der Waals surface area (Å²) >= 11 is 1.82. The maximum atomic E-state index is 6.32. The fourth-order valence-electron chi connectivity index (χ4n) is 2.49. The van der Waals surface area contributed by atoms with Gasteiger partial charge in [-0.05, 0) is 42.7 Å². The maximum absolute atomic E-state index is 6.32. The average molecular weight is 209 g/mol. The van der Waals surface area contributed by atoms with Gasteiger partial charge in [0.2, 0.25) is 0 Å². The summed E-state index contributed by atoms with van der Waals surface area (Å²) in [4.78, 5) is 1.41. The van der Waals surface area contributed by atoms with E-state index in [1.165, 1.54) is 42.5 Å². The van der Waals surface area contributed by atoms with Gasteiger partial charge in [-0.1, -0.05) is 19.3 Å². The summed E-state index contributed by atoms with van der Waals surface area (Å²) in [5, 5.41) is 2.16. The van der Waals surface area contributed by atoms with Gasteiger partial charge < -0.3 is 5.73 Å². The van der Waals surface area contributed by atoms with E-state index in [0.717, 1.165) is 5.92 Å². The Morgan fingerprint density at radius 1 is 1.36 bits per heavy atom. The van der Waals surface area contributed by atoms with Crippen molar-refractivity contribution in [3.05, 3.63) is 21.9 Å². The summed E-state index contributed by atoms with van der Waals surface area (Å²) in [6.07, 6.45) is 6.82. The van der Waals surface area contributed by atoms with Gasteiger partial charge in [-0.15, -0.1) is 11.3 Å². The Labute approximate surface area is 90.3 Å². The van der Waals surface area contributed by atoms with Crippen molar-refractivity contribution in [3.8, 4) is 0 Å². The highest BCUT2D eigenvalue weighted by molar-refractivity contribution is 7.10. The predicted molar refractivity (Wildman–Crippen MR) is 62.6 cm³/mol. The zero-order chi connectivity index (χ0) is 9.97. The molecule has 14 heavy (non-hydrogen) atoms. The van der Waals surface area contributed by atoms with E-state index >= 15 is 0 Å². The fraction of sp³-hybridized carbons (Fsp3) is 0.667. The molecule has 0 aromatic carbocycles. The van der Waals surface area contributed by atoms with Crippen molar-refractivity contribution in [1.82, 2.24) is 0 Å². The first-order valence-electron chi connectivity index (χ1n) is 5.58. The first-order valence-corrected chi connectivity index (χ1v) is 6.46. The van der Waals surface area contributed by atoms with Crippen LogP contribution in [0.4, 0.5) is 0 Å². The minimum absolute atomic E-state index is 0.293. The zero-order valence-corrected chi connectivity index (χ0v) is 9.65. The summed E-state index contributed by atoms with van der Waals surface area (Å²) in [6.45, 7) is 2.18. The number of hydrogen-bond acceptors (Lipinski definition) is 2. The molecule has 1 aliphatic carbocycles. The van der Waals surface area contributed by atoms with Gasteiger partial charge in [-0.25, -0.2) is 0 Å². The number of aryl methyl sites for hydroxylation is 1. The van der Waals surface area contributed by atoms with Crippen LogP contribution in [0.25, 0.3) is 0 Å². The van der Waals surface area contributed by atoms with Crippen molar-refractivity contribution < 1.29 is 0 Å². The summed E-state index contributed by atoms with van der Waals surface area (Å²) in [5.74, 6) is 0.733. The molecule has 1 unspecified atom stereocenters. The van der Waals surface area contributed by atoms with Crippen LogP contribution in [-0.2, 0) is 0 Å². The quantitative estimate of drug-likeness (QED) is 0.790. The van der Waals surface area contributed by atoms with Crippen LogP contribution >= 0.6 is 11.3 Å². The molecule has 1 aromatic rings. The van der Waals surface area contributed by atoms with Crippen LogP contribution in [-0.4, -0.2) is 0 Å². The van der Waals surface area contributed by atoms with E-state index in [4.69, 9.17) is 5.73 Å². The fourth-order valence-corrected chi connectivity index (χ4v) is 3.25. The highest BCUT2D eigenvalue weighted by Crippen LogP contribution is 2.35. The van der Waals surface area contributed by atoms with Gasteiger partial charge in [0.25, 0.3) is 0 Å². The lowest BCUT2D eigenvalue weighted by Crippen LogP contribution is -2.23. The maximum Gasteiger partial charge on any atom is 0.0334 e. The van der Waals surface area contributed by atoms with Gasteiger partial charge in [0.15, 0.2) is 0 Å². The lowest BCUT2D eigenvalue weighted by Gasteiger charge is -2.27. The Hall–Kier alpha value is -0.340. The molecule has 1 aromatic heterocycles. The largest absolute Gasteiger partial charge is 0.324 e. The van der Waals surface area contributed by atoms with E-state index in [0.29, 0.717) is 6.04 Å². The molecule has 1 aliphatic rings. The molecular weight excluding hydrogens is 190 g/mol. The molecular formula is C12H19NS. The van der Waals surface area contributed by atoms with Crippen molar-refractivity contribution in [1.29, 1.82) is 0 Å². The second kappa shape index (κ2) is 4.45. The lowest BCUT2D eigenvalue weighted by molar-refractivity contribution is 0.308. The van der Waals surface area contributed by atoms with E-state index in [1.54, 1.807) is 0 Å². The molecule has 0 spiro atoms. The molecule has 0 amide bonds. The molecule has 1 atom stereocenters. The molecule has 0 saturated heterocycles. The number of hydrogen-bond donors (Lipinski definition) is 1. The van der Waals surface area contributed by atoms with Gasteiger partial charge in [0.05, 0.1) is 0 Å². The average Bonchev–Trinajstić information content (AvgIpc) is 2.65.